The van der Waals surface area contributed by atoms with E-state index in [4.69, 9.17) is 5.73 Å². The molecule has 0 heterocycles. The van der Waals surface area contributed by atoms with Gasteiger partial charge in [-0.1, -0.05) is 6.07 Å². The van der Waals surface area contributed by atoms with Crippen molar-refractivity contribution in [1.29, 1.82) is 0 Å². The number of guanidine groups is 1. The predicted molar refractivity (Wildman–Crippen MR) is 70.7 cm³/mol. The Morgan fingerprint density at radius 2 is 2.11 bits per heavy atom. The summed E-state index contributed by atoms with van der Waals surface area (Å²) in [5, 5.41) is 13.0. The third-order valence-corrected chi connectivity index (χ3v) is 2.51. The largest absolute Gasteiger partial charge is 0.383 e. The fourth-order valence-electron chi connectivity index (χ4n) is 1.59. The van der Waals surface area contributed by atoms with Crippen molar-refractivity contribution in [2.24, 2.45) is 10.7 Å². The van der Waals surface area contributed by atoms with E-state index in [1.54, 1.807) is 0 Å². The summed E-state index contributed by atoms with van der Waals surface area (Å²) >= 11 is 0. The van der Waals surface area contributed by atoms with Crippen molar-refractivity contribution in [3.63, 3.8) is 0 Å². The molecule has 1 aromatic carbocycles. The second kappa shape index (κ2) is 5.97. The molecule has 4 nitrogen and oxygen atoms in total. The Labute approximate surface area is 111 Å². The highest BCUT2D eigenvalue weighted by Gasteiger charge is 2.26. The maximum atomic E-state index is 13.6. The van der Waals surface area contributed by atoms with Crippen molar-refractivity contribution in [3.05, 3.63) is 35.4 Å². The van der Waals surface area contributed by atoms with E-state index < -0.39 is 17.2 Å². The lowest BCUT2D eigenvalue weighted by molar-refractivity contribution is 0.0633. The Hall–Kier alpha value is -1.69. The zero-order chi connectivity index (χ0) is 14.6. The maximum Gasteiger partial charge on any atom is 0.188 e. The fourth-order valence-corrected chi connectivity index (χ4v) is 1.59. The van der Waals surface area contributed by atoms with Crippen LogP contribution in [0.15, 0.2) is 23.2 Å². The molecule has 0 radical (unpaired) electrons. The fraction of sp³-hybridized carbons (Fsp3) is 0.462. The molecule has 0 amide bonds. The van der Waals surface area contributed by atoms with E-state index in [2.05, 4.69) is 10.3 Å². The highest BCUT2D eigenvalue weighted by molar-refractivity contribution is 5.78. The summed E-state index contributed by atoms with van der Waals surface area (Å²) < 4.78 is 26.4. The summed E-state index contributed by atoms with van der Waals surface area (Å²) in [6.07, 6.45) is 0. The number of nitrogens with zero attached hydrogens (tertiary/aromatic N) is 1. The first kappa shape index (κ1) is 15.4. The number of benzene rings is 1. The van der Waals surface area contributed by atoms with Crippen molar-refractivity contribution in [2.45, 2.75) is 32.4 Å². The van der Waals surface area contributed by atoms with Crippen LogP contribution < -0.4 is 11.1 Å². The first-order valence-electron chi connectivity index (χ1n) is 5.97. The van der Waals surface area contributed by atoms with Crippen LogP contribution in [0.1, 0.15) is 26.3 Å². The molecule has 0 aliphatic carbocycles. The van der Waals surface area contributed by atoms with Gasteiger partial charge in [0.05, 0.1) is 6.54 Å². The van der Waals surface area contributed by atoms with Crippen LogP contribution in [0.5, 0.6) is 0 Å². The van der Waals surface area contributed by atoms with E-state index in [9.17, 15) is 13.9 Å². The Balaban J connectivity index is 2.86. The van der Waals surface area contributed by atoms with Crippen molar-refractivity contribution in [3.8, 4) is 0 Å². The van der Waals surface area contributed by atoms with Crippen LogP contribution in [0.25, 0.3) is 0 Å². The van der Waals surface area contributed by atoms with Gasteiger partial charge in [0.25, 0.3) is 0 Å². The van der Waals surface area contributed by atoms with Crippen LogP contribution in [-0.2, 0) is 5.60 Å². The minimum Gasteiger partial charge on any atom is -0.383 e. The lowest BCUT2D eigenvalue weighted by Crippen LogP contribution is -2.38. The van der Waals surface area contributed by atoms with Gasteiger partial charge in [0.2, 0.25) is 0 Å². The van der Waals surface area contributed by atoms with Gasteiger partial charge in [-0.2, -0.15) is 0 Å². The van der Waals surface area contributed by atoms with Gasteiger partial charge in [-0.15, -0.1) is 0 Å². The number of nitrogens with two attached hydrogens (primary N) is 1. The minimum atomic E-state index is -1.55. The molecule has 6 heteroatoms. The molecule has 1 atom stereocenters. The standard InChI is InChI=1S/C13H19F2N3O/c1-8(2)18-12(16)17-7-13(3,19)10-5-4-9(14)6-11(10)15/h4-6,8,19H,7H2,1-3H3,(H3,16,17,18). The second-order valence-electron chi connectivity index (χ2n) is 4.90. The van der Waals surface area contributed by atoms with Gasteiger partial charge in [0, 0.05) is 17.7 Å². The average Bonchev–Trinajstić information content (AvgIpc) is 2.25. The van der Waals surface area contributed by atoms with Crippen LogP contribution in [0.4, 0.5) is 8.78 Å². The van der Waals surface area contributed by atoms with E-state index >= 15 is 0 Å². The molecular weight excluding hydrogens is 252 g/mol. The van der Waals surface area contributed by atoms with Gasteiger partial charge >= 0.3 is 0 Å². The van der Waals surface area contributed by atoms with E-state index in [1.807, 2.05) is 13.8 Å². The van der Waals surface area contributed by atoms with Gasteiger partial charge in [-0.25, -0.2) is 8.78 Å². The Bertz CT molecular complexity index is 473. The normalized spacial score (nSPS) is 15.4. The molecule has 4 N–H and O–H groups in total. The number of rotatable bonds is 4. The first-order valence-corrected chi connectivity index (χ1v) is 5.97. The van der Waals surface area contributed by atoms with Crippen LogP contribution in [0, 0.1) is 11.6 Å². The third-order valence-electron chi connectivity index (χ3n) is 2.51. The molecule has 0 spiro atoms. The number of nitrogens with one attached hydrogen (secondary N) is 1. The first-order chi connectivity index (χ1) is 8.72. The maximum absolute atomic E-state index is 13.6. The van der Waals surface area contributed by atoms with Crippen molar-refractivity contribution < 1.29 is 13.9 Å². The molecule has 0 bridgehead atoms. The molecule has 0 aromatic heterocycles. The number of hydrogen-bond acceptors (Lipinski definition) is 2. The van der Waals surface area contributed by atoms with Crippen LogP contribution >= 0.6 is 0 Å². The van der Waals surface area contributed by atoms with Gasteiger partial charge in [0.1, 0.15) is 17.2 Å². The van der Waals surface area contributed by atoms with Gasteiger partial charge in [-0.05, 0) is 26.8 Å². The molecule has 0 saturated carbocycles. The summed E-state index contributed by atoms with van der Waals surface area (Å²) in [5.41, 5.74) is 4.02. The molecule has 19 heavy (non-hydrogen) atoms. The average molecular weight is 271 g/mol. The van der Waals surface area contributed by atoms with Crippen molar-refractivity contribution >= 4 is 5.96 Å². The van der Waals surface area contributed by atoms with Crippen LogP contribution in [0.2, 0.25) is 0 Å². The molecule has 0 aliphatic heterocycles. The lowest BCUT2D eigenvalue weighted by Gasteiger charge is -2.22. The van der Waals surface area contributed by atoms with E-state index in [0.717, 1.165) is 12.1 Å². The zero-order valence-corrected chi connectivity index (χ0v) is 11.2. The zero-order valence-electron chi connectivity index (χ0n) is 11.2. The summed E-state index contributed by atoms with van der Waals surface area (Å²) in [4.78, 5) is 3.95. The Morgan fingerprint density at radius 1 is 1.47 bits per heavy atom. The molecule has 0 aliphatic rings. The molecule has 1 unspecified atom stereocenters. The van der Waals surface area contributed by atoms with Crippen molar-refractivity contribution in [2.75, 3.05) is 6.54 Å². The highest BCUT2D eigenvalue weighted by Crippen LogP contribution is 2.24. The van der Waals surface area contributed by atoms with Crippen molar-refractivity contribution in [1.82, 2.24) is 5.32 Å². The topological polar surface area (TPSA) is 70.6 Å². The Morgan fingerprint density at radius 3 is 2.63 bits per heavy atom. The number of aliphatic hydroxyl groups is 1. The lowest BCUT2D eigenvalue weighted by atomic mass is 9.95. The Kier molecular flexibility index (Phi) is 4.83. The van der Waals surface area contributed by atoms with Crippen LogP contribution in [-0.4, -0.2) is 23.7 Å². The van der Waals surface area contributed by atoms with E-state index in [1.165, 1.54) is 13.0 Å². The SMILES string of the molecule is CC(C)NC(N)=NCC(C)(O)c1ccc(F)cc1F. The monoisotopic (exact) mass is 271 g/mol. The van der Waals surface area contributed by atoms with E-state index in [0.29, 0.717) is 0 Å². The minimum absolute atomic E-state index is 0.0185. The van der Waals surface area contributed by atoms with Crippen LogP contribution in [0.3, 0.4) is 0 Å². The summed E-state index contributed by atoms with van der Waals surface area (Å²) in [6, 6.07) is 3.12. The molecule has 106 valence electrons. The summed E-state index contributed by atoms with van der Waals surface area (Å²) in [6.45, 7) is 5.05. The summed E-state index contributed by atoms with van der Waals surface area (Å²) in [5.74, 6) is -1.34. The summed E-state index contributed by atoms with van der Waals surface area (Å²) in [7, 11) is 0. The van der Waals surface area contributed by atoms with Gasteiger partial charge < -0.3 is 16.2 Å². The third kappa shape index (κ3) is 4.48. The molecule has 1 rings (SSSR count). The quantitative estimate of drug-likeness (QED) is 0.574. The number of aliphatic imine (C=N–C) groups is 1. The smallest absolute Gasteiger partial charge is 0.188 e. The van der Waals surface area contributed by atoms with Gasteiger partial charge in [0.15, 0.2) is 5.96 Å². The van der Waals surface area contributed by atoms with E-state index in [-0.39, 0.29) is 24.1 Å². The second-order valence-corrected chi connectivity index (χ2v) is 4.90. The van der Waals surface area contributed by atoms with Gasteiger partial charge in [-0.3, -0.25) is 4.99 Å². The predicted octanol–water partition coefficient (Wildman–Crippen LogP) is 1.48. The molecular formula is C13H19F2N3O. The number of halogens is 2. The molecule has 0 fully saturated rings. The molecule has 1 aromatic rings. The molecule has 0 saturated heterocycles. The number of hydrogen-bond donors (Lipinski definition) is 3. The highest BCUT2D eigenvalue weighted by atomic mass is 19.1.